The summed E-state index contributed by atoms with van der Waals surface area (Å²) in [4.78, 5) is 0. The monoisotopic (exact) mass is 442 g/mol. The van der Waals surface area contributed by atoms with E-state index in [0.29, 0.717) is 12.8 Å². The molecule has 6 heteroatoms. The molecule has 0 radical (unpaired) electrons. The minimum atomic E-state index is -4.32. The van der Waals surface area contributed by atoms with Gasteiger partial charge in [0.25, 0.3) is 0 Å². The van der Waals surface area contributed by atoms with Gasteiger partial charge < -0.3 is 9.66 Å². The summed E-state index contributed by atoms with van der Waals surface area (Å²) in [6.07, 6.45) is 19.1. The molecule has 0 saturated carbocycles. The fourth-order valence-electron chi connectivity index (χ4n) is 3.82. The summed E-state index contributed by atoms with van der Waals surface area (Å²) < 4.78 is 34.6. The third-order valence-electron chi connectivity index (χ3n) is 5.71. The first-order chi connectivity index (χ1) is 13.4. The van der Waals surface area contributed by atoms with Gasteiger partial charge in [0, 0.05) is 0 Å². The summed E-state index contributed by atoms with van der Waals surface area (Å²) in [5, 5.41) is 9.24. The Morgan fingerprint density at radius 3 is 1.38 bits per heavy atom. The third kappa shape index (κ3) is 21.9. The number of unbranched alkanes of at least 4 members (excludes halogenated alkanes) is 14. The topological polar surface area (TPSA) is 77.4 Å². The van der Waals surface area contributed by atoms with Crippen LogP contribution >= 0.6 is 0 Å². The van der Waals surface area contributed by atoms with Gasteiger partial charge >= 0.3 is 29.6 Å². The Balaban J connectivity index is 0. The van der Waals surface area contributed by atoms with Crippen molar-refractivity contribution in [3.8, 4) is 0 Å². The molecule has 0 saturated heterocycles. The second-order valence-electron chi connectivity index (χ2n) is 8.53. The maximum absolute atomic E-state index is 11.5. The zero-order valence-electron chi connectivity index (χ0n) is 19.7. The average molecular weight is 443 g/mol. The van der Waals surface area contributed by atoms with Gasteiger partial charge in [0.1, 0.15) is 0 Å². The zero-order valence-corrected chi connectivity index (χ0v) is 22.5. The first-order valence-corrected chi connectivity index (χ1v) is 13.5. The predicted octanol–water partition coefficient (Wildman–Crippen LogP) is 3.72. The van der Waals surface area contributed by atoms with E-state index in [1.165, 1.54) is 70.6 Å². The molecule has 2 atom stereocenters. The summed E-state index contributed by atoms with van der Waals surface area (Å²) >= 11 is 0. The Labute approximate surface area is 204 Å². The first kappa shape index (κ1) is 32.1. The van der Waals surface area contributed by atoms with Crippen molar-refractivity contribution in [2.75, 3.05) is 0 Å². The minimum absolute atomic E-state index is 0. The molecular formula is C23H47NaO4S. The van der Waals surface area contributed by atoms with E-state index in [2.05, 4.69) is 13.8 Å². The summed E-state index contributed by atoms with van der Waals surface area (Å²) in [5.41, 5.74) is 0. The molecule has 0 aromatic carbocycles. The molecule has 1 N–H and O–H groups in total. The van der Waals surface area contributed by atoms with E-state index in [-0.39, 0.29) is 36.0 Å². The molecule has 0 aromatic heterocycles. The van der Waals surface area contributed by atoms with Crippen LogP contribution in [-0.2, 0) is 10.1 Å². The van der Waals surface area contributed by atoms with Gasteiger partial charge in [0.2, 0.25) is 0 Å². The molecular weight excluding hydrogens is 395 g/mol. The quantitative estimate of drug-likeness (QED) is 0.167. The maximum Gasteiger partial charge on any atom is 1.00 e. The van der Waals surface area contributed by atoms with Gasteiger partial charge in [-0.1, -0.05) is 117 Å². The van der Waals surface area contributed by atoms with Crippen LogP contribution in [0.3, 0.4) is 0 Å². The molecule has 0 aliphatic heterocycles. The van der Waals surface area contributed by atoms with E-state index in [0.717, 1.165) is 32.1 Å². The van der Waals surface area contributed by atoms with Crippen LogP contribution in [-0.4, -0.2) is 29.4 Å². The van der Waals surface area contributed by atoms with Gasteiger partial charge in [-0.2, -0.15) is 0 Å². The molecule has 0 heterocycles. The van der Waals surface area contributed by atoms with Crippen LogP contribution in [0, 0.1) is 0 Å². The largest absolute Gasteiger partial charge is 1.00 e. The molecule has 0 aliphatic rings. The van der Waals surface area contributed by atoms with Crippen molar-refractivity contribution in [2.45, 2.75) is 147 Å². The number of rotatable bonds is 21. The summed E-state index contributed by atoms with van der Waals surface area (Å²) in [7, 11) is -4.32. The zero-order chi connectivity index (χ0) is 21.1. The smallest absolute Gasteiger partial charge is 0.748 e. The second kappa shape index (κ2) is 22.1. The van der Waals surface area contributed by atoms with E-state index in [4.69, 9.17) is 0 Å². The van der Waals surface area contributed by atoms with Crippen LogP contribution in [0.5, 0.6) is 0 Å². The van der Waals surface area contributed by atoms with Crippen LogP contribution in [0.1, 0.15) is 136 Å². The van der Waals surface area contributed by atoms with Gasteiger partial charge in [-0.3, -0.25) is 0 Å². The molecule has 0 rings (SSSR count). The van der Waals surface area contributed by atoms with Crippen molar-refractivity contribution in [2.24, 2.45) is 0 Å². The number of aliphatic hydroxyl groups is 1. The standard InChI is InChI=1S/C23H48O4S.Na/c1-3-5-7-9-11-12-14-16-18-20-23(28(25,26)27)21-22(24)19-17-15-13-10-8-6-4-2;/h22-24H,3-21H2,1-2H3,(H,25,26,27);/q;+1/p-1. The summed E-state index contributed by atoms with van der Waals surface area (Å²) in [6, 6.07) is 0. The Kier molecular flexibility index (Phi) is 24.4. The molecule has 0 amide bonds. The molecule has 4 nitrogen and oxygen atoms in total. The van der Waals surface area contributed by atoms with Crippen LogP contribution in [0.25, 0.3) is 0 Å². The number of hydrogen-bond donors (Lipinski definition) is 1. The van der Waals surface area contributed by atoms with Crippen LogP contribution in [0.15, 0.2) is 0 Å². The normalized spacial score (nSPS) is 13.8. The van der Waals surface area contributed by atoms with Crippen LogP contribution in [0.2, 0.25) is 0 Å². The maximum atomic E-state index is 11.5. The van der Waals surface area contributed by atoms with E-state index in [1.54, 1.807) is 0 Å². The van der Waals surface area contributed by atoms with Gasteiger partial charge in [-0.05, 0) is 19.3 Å². The van der Waals surface area contributed by atoms with Crippen molar-refractivity contribution >= 4 is 10.1 Å². The third-order valence-corrected chi connectivity index (χ3v) is 6.96. The van der Waals surface area contributed by atoms with Crippen molar-refractivity contribution in [1.29, 1.82) is 0 Å². The average Bonchev–Trinajstić information content (AvgIpc) is 2.64. The fourth-order valence-corrected chi connectivity index (χ4v) is 4.73. The van der Waals surface area contributed by atoms with E-state index in [9.17, 15) is 18.1 Å². The van der Waals surface area contributed by atoms with E-state index in [1.807, 2.05) is 0 Å². The first-order valence-electron chi connectivity index (χ1n) is 12.0. The molecule has 0 aromatic rings. The predicted molar refractivity (Wildman–Crippen MR) is 119 cm³/mol. The number of hydrogen-bond acceptors (Lipinski definition) is 4. The van der Waals surface area contributed by atoms with Crippen LogP contribution < -0.4 is 29.6 Å². The molecule has 2 unspecified atom stereocenters. The van der Waals surface area contributed by atoms with Gasteiger partial charge in [0.15, 0.2) is 0 Å². The molecule has 0 fully saturated rings. The van der Waals surface area contributed by atoms with Crippen molar-refractivity contribution < 1.29 is 47.6 Å². The SMILES string of the molecule is CCCCCCCCCCCC(CC(O)CCCCCCCCC)S(=O)(=O)[O-].[Na+]. The second-order valence-corrected chi connectivity index (χ2v) is 10.2. The van der Waals surface area contributed by atoms with Gasteiger partial charge in [-0.15, -0.1) is 0 Å². The molecule has 0 spiro atoms. The van der Waals surface area contributed by atoms with E-state index < -0.39 is 21.5 Å². The molecule has 29 heavy (non-hydrogen) atoms. The number of aliphatic hydroxyl groups excluding tert-OH is 1. The van der Waals surface area contributed by atoms with Crippen molar-refractivity contribution in [1.82, 2.24) is 0 Å². The van der Waals surface area contributed by atoms with E-state index >= 15 is 0 Å². The molecule has 0 aliphatic carbocycles. The van der Waals surface area contributed by atoms with Crippen LogP contribution in [0.4, 0.5) is 0 Å². The van der Waals surface area contributed by atoms with Crippen molar-refractivity contribution in [3.63, 3.8) is 0 Å². The molecule has 170 valence electrons. The fraction of sp³-hybridized carbons (Fsp3) is 1.00. The van der Waals surface area contributed by atoms with Gasteiger partial charge in [-0.25, -0.2) is 8.42 Å². The van der Waals surface area contributed by atoms with Gasteiger partial charge in [0.05, 0.1) is 21.5 Å². The summed E-state index contributed by atoms with van der Waals surface area (Å²) in [6.45, 7) is 4.41. The Morgan fingerprint density at radius 2 is 1.00 bits per heavy atom. The minimum Gasteiger partial charge on any atom is -0.748 e. The molecule has 0 bridgehead atoms. The Hall–Kier alpha value is 0.870. The summed E-state index contributed by atoms with van der Waals surface area (Å²) in [5.74, 6) is 0. The Bertz CT molecular complexity index is 429. The van der Waals surface area contributed by atoms with Crippen molar-refractivity contribution in [3.05, 3.63) is 0 Å². The Morgan fingerprint density at radius 1 is 0.655 bits per heavy atom.